The second kappa shape index (κ2) is 9.76. The fourth-order valence-electron chi connectivity index (χ4n) is 3.81. The van der Waals surface area contributed by atoms with Crippen molar-refractivity contribution in [3.63, 3.8) is 0 Å². The highest BCUT2D eigenvalue weighted by Gasteiger charge is 2.19. The molecule has 0 aliphatic carbocycles. The van der Waals surface area contributed by atoms with Crippen LogP contribution in [0.1, 0.15) is 30.4 Å². The van der Waals surface area contributed by atoms with Gasteiger partial charge in [-0.3, -0.25) is 4.79 Å². The lowest BCUT2D eigenvalue weighted by Gasteiger charge is -2.14. The van der Waals surface area contributed by atoms with E-state index in [0.717, 1.165) is 17.1 Å². The highest BCUT2D eigenvalue weighted by Crippen LogP contribution is 2.30. The zero-order valence-electron chi connectivity index (χ0n) is 19.5. The SMILES string of the molecule is C=CC(=O)Nc1cccc(Nc2ncc(F)c(-c3ccc4cc(C(=O)OC)n(C(C)C)c4c3)n2)c1. The van der Waals surface area contributed by atoms with E-state index in [2.05, 4.69) is 27.2 Å². The van der Waals surface area contributed by atoms with Crippen molar-refractivity contribution in [3.05, 3.63) is 78.9 Å². The van der Waals surface area contributed by atoms with E-state index in [9.17, 15) is 14.0 Å². The van der Waals surface area contributed by atoms with Crippen LogP contribution in [0.5, 0.6) is 0 Å². The fourth-order valence-corrected chi connectivity index (χ4v) is 3.81. The van der Waals surface area contributed by atoms with Gasteiger partial charge in [-0.2, -0.15) is 0 Å². The van der Waals surface area contributed by atoms with Crippen molar-refractivity contribution >= 4 is 40.1 Å². The third-order valence-electron chi connectivity index (χ3n) is 5.34. The Kier molecular flexibility index (Phi) is 6.59. The number of amides is 1. The van der Waals surface area contributed by atoms with Gasteiger partial charge < -0.3 is 19.9 Å². The number of halogens is 1. The van der Waals surface area contributed by atoms with Crippen molar-refractivity contribution in [3.8, 4) is 11.3 Å². The average molecular weight is 474 g/mol. The van der Waals surface area contributed by atoms with Gasteiger partial charge in [0.25, 0.3) is 0 Å². The summed E-state index contributed by atoms with van der Waals surface area (Å²) >= 11 is 0. The summed E-state index contributed by atoms with van der Waals surface area (Å²) in [5.74, 6) is -1.18. The Labute approximate surface area is 201 Å². The van der Waals surface area contributed by atoms with Gasteiger partial charge in [0.15, 0.2) is 5.82 Å². The van der Waals surface area contributed by atoms with Crippen LogP contribution in [0.4, 0.5) is 21.7 Å². The van der Waals surface area contributed by atoms with E-state index < -0.39 is 11.8 Å². The highest BCUT2D eigenvalue weighted by molar-refractivity contribution is 5.99. The molecule has 0 unspecified atom stereocenters. The number of anilines is 3. The van der Waals surface area contributed by atoms with Gasteiger partial charge in [-0.05, 0) is 50.3 Å². The van der Waals surface area contributed by atoms with Crippen LogP contribution < -0.4 is 10.6 Å². The largest absolute Gasteiger partial charge is 0.464 e. The summed E-state index contributed by atoms with van der Waals surface area (Å²) in [6.07, 6.45) is 2.27. The van der Waals surface area contributed by atoms with Crippen molar-refractivity contribution in [1.82, 2.24) is 14.5 Å². The summed E-state index contributed by atoms with van der Waals surface area (Å²) in [5.41, 5.74) is 2.99. The van der Waals surface area contributed by atoms with E-state index in [0.29, 0.717) is 22.6 Å². The smallest absolute Gasteiger partial charge is 0.354 e. The molecule has 4 rings (SSSR count). The van der Waals surface area contributed by atoms with Gasteiger partial charge in [-0.15, -0.1) is 0 Å². The number of rotatable bonds is 7. The molecule has 4 aromatic rings. The highest BCUT2D eigenvalue weighted by atomic mass is 19.1. The Morgan fingerprint density at radius 1 is 1.14 bits per heavy atom. The standard InChI is InChI=1S/C26H24FN5O3/c1-5-23(33)29-18-7-6-8-19(13-18)30-26-28-14-20(27)24(31-26)17-10-9-16-11-22(25(34)35-4)32(15(2)3)21(16)12-17/h5-15H,1H2,2-4H3,(H,29,33)(H,28,30,31). The molecule has 35 heavy (non-hydrogen) atoms. The summed E-state index contributed by atoms with van der Waals surface area (Å²) in [6.45, 7) is 7.35. The normalized spacial score (nSPS) is 10.9. The van der Waals surface area contributed by atoms with Gasteiger partial charge in [-0.25, -0.2) is 19.2 Å². The molecule has 178 valence electrons. The molecule has 0 spiro atoms. The second-order valence-corrected chi connectivity index (χ2v) is 8.05. The molecule has 0 bridgehead atoms. The summed E-state index contributed by atoms with van der Waals surface area (Å²) in [7, 11) is 1.34. The molecular weight excluding hydrogens is 449 g/mol. The molecule has 1 amide bonds. The number of fused-ring (bicyclic) bond motifs is 1. The van der Waals surface area contributed by atoms with E-state index in [4.69, 9.17) is 4.74 Å². The van der Waals surface area contributed by atoms with Crippen LogP contribution in [0.2, 0.25) is 0 Å². The zero-order valence-corrected chi connectivity index (χ0v) is 19.5. The van der Waals surface area contributed by atoms with Crippen LogP contribution in [-0.2, 0) is 9.53 Å². The van der Waals surface area contributed by atoms with Crippen molar-refractivity contribution in [2.24, 2.45) is 0 Å². The molecule has 2 aromatic carbocycles. The number of ether oxygens (including phenoxy) is 1. The van der Waals surface area contributed by atoms with E-state index in [1.807, 2.05) is 24.5 Å². The Hall–Kier alpha value is -4.53. The molecule has 2 N–H and O–H groups in total. The van der Waals surface area contributed by atoms with Crippen molar-refractivity contribution in [2.75, 3.05) is 17.7 Å². The number of hydrogen-bond donors (Lipinski definition) is 2. The molecule has 0 atom stereocenters. The lowest BCUT2D eigenvalue weighted by atomic mass is 10.1. The third kappa shape index (κ3) is 4.89. The molecular formula is C26H24FN5O3. The van der Waals surface area contributed by atoms with Crippen LogP contribution in [0.25, 0.3) is 22.2 Å². The first-order chi connectivity index (χ1) is 16.8. The molecule has 0 fully saturated rings. The monoisotopic (exact) mass is 473 g/mol. The Morgan fingerprint density at radius 2 is 1.91 bits per heavy atom. The van der Waals surface area contributed by atoms with Gasteiger partial charge in [-0.1, -0.05) is 24.8 Å². The third-order valence-corrected chi connectivity index (χ3v) is 5.34. The number of esters is 1. The summed E-state index contributed by atoms with van der Waals surface area (Å²) in [5, 5.41) is 6.54. The van der Waals surface area contributed by atoms with Crippen LogP contribution in [0.3, 0.4) is 0 Å². The number of carbonyl (C=O) groups is 2. The molecule has 2 heterocycles. The maximum Gasteiger partial charge on any atom is 0.354 e. The number of nitrogens with zero attached hydrogens (tertiary/aromatic N) is 3. The van der Waals surface area contributed by atoms with Crippen LogP contribution >= 0.6 is 0 Å². The molecule has 0 saturated carbocycles. The molecule has 0 saturated heterocycles. The number of hydrogen-bond acceptors (Lipinski definition) is 6. The van der Waals surface area contributed by atoms with Crippen molar-refractivity contribution in [2.45, 2.75) is 19.9 Å². The van der Waals surface area contributed by atoms with E-state index >= 15 is 0 Å². The zero-order chi connectivity index (χ0) is 25.1. The van der Waals surface area contributed by atoms with Gasteiger partial charge in [0, 0.05) is 33.9 Å². The predicted molar refractivity (Wildman–Crippen MR) is 133 cm³/mol. The molecule has 0 aliphatic rings. The van der Waals surface area contributed by atoms with Crippen molar-refractivity contribution in [1.29, 1.82) is 0 Å². The first-order valence-electron chi connectivity index (χ1n) is 10.9. The van der Waals surface area contributed by atoms with Gasteiger partial charge in [0.2, 0.25) is 11.9 Å². The topological polar surface area (TPSA) is 98.1 Å². The molecule has 8 nitrogen and oxygen atoms in total. The lowest BCUT2D eigenvalue weighted by Crippen LogP contribution is -2.12. The van der Waals surface area contributed by atoms with Gasteiger partial charge >= 0.3 is 5.97 Å². The minimum absolute atomic E-state index is 0.0295. The molecule has 2 aromatic heterocycles. The summed E-state index contributed by atoms with van der Waals surface area (Å²) in [4.78, 5) is 32.3. The maximum absolute atomic E-state index is 14.8. The average Bonchev–Trinajstić information content (AvgIpc) is 3.24. The summed E-state index contributed by atoms with van der Waals surface area (Å²) < 4.78 is 21.6. The Balaban J connectivity index is 1.71. The minimum atomic E-state index is -0.585. The van der Waals surface area contributed by atoms with Crippen LogP contribution in [-0.4, -0.2) is 33.5 Å². The fraction of sp³-hybridized carbons (Fsp3) is 0.154. The number of carbonyl (C=O) groups excluding carboxylic acids is 2. The van der Waals surface area contributed by atoms with Crippen LogP contribution in [0, 0.1) is 5.82 Å². The van der Waals surface area contributed by atoms with Crippen LogP contribution in [0.15, 0.2) is 67.4 Å². The first kappa shape index (κ1) is 23.6. The Bertz CT molecular complexity index is 1440. The molecule has 0 aliphatic heterocycles. The summed E-state index contributed by atoms with van der Waals surface area (Å²) in [6, 6.07) is 14.0. The van der Waals surface area contributed by atoms with Crippen molar-refractivity contribution < 1.29 is 18.7 Å². The number of methoxy groups -OCH3 is 1. The second-order valence-electron chi connectivity index (χ2n) is 8.05. The van der Waals surface area contributed by atoms with E-state index in [1.165, 1.54) is 13.2 Å². The van der Waals surface area contributed by atoms with Gasteiger partial charge in [0.1, 0.15) is 11.4 Å². The number of nitrogens with one attached hydrogen (secondary N) is 2. The van der Waals surface area contributed by atoms with E-state index in [-0.39, 0.29) is 23.6 Å². The molecule has 0 radical (unpaired) electrons. The van der Waals surface area contributed by atoms with Gasteiger partial charge in [0.05, 0.1) is 13.3 Å². The van der Waals surface area contributed by atoms with E-state index in [1.54, 1.807) is 42.5 Å². The first-order valence-corrected chi connectivity index (χ1v) is 10.9. The Morgan fingerprint density at radius 3 is 2.63 bits per heavy atom. The minimum Gasteiger partial charge on any atom is -0.464 e. The number of aromatic nitrogens is 3. The predicted octanol–water partition coefficient (Wildman–Crippen LogP) is 5.47. The molecule has 9 heteroatoms. The lowest BCUT2D eigenvalue weighted by molar-refractivity contribution is -0.111. The number of benzene rings is 2. The quantitative estimate of drug-likeness (QED) is 0.273. The maximum atomic E-state index is 14.8.